The molecule has 0 bridgehead atoms. The van der Waals surface area contributed by atoms with Gasteiger partial charge in [0.05, 0.1) is 0 Å². The Morgan fingerprint density at radius 1 is 1.36 bits per heavy atom. The lowest BCUT2D eigenvalue weighted by molar-refractivity contribution is 0.392. The summed E-state index contributed by atoms with van der Waals surface area (Å²) in [6, 6.07) is 10.0. The fourth-order valence-corrected chi connectivity index (χ4v) is 1.44. The summed E-state index contributed by atoms with van der Waals surface area (Å²) in [7, 11) is 0. The minimum Gasteiger partial charge on any atom is -0.381 e. The fourth-order valence-electron chi connectivity index (χ4n) is 1.44. The maximum atomic E-state index is 5.46. The minimum absolute atomic E-state index is 0.438. The number of nitrogen functional groups attached to an aromatic ring is 1. The van der Waals surface area contributed by atoms with Gasteiger partial charge in [-0.3, -0.25) is 0 Å². The summed E-state index contributed by atoms with van der Waals surface area (Å²) in [4.78, 5) is 0. The number of benzene rings is 1. The molecular weight excluding hydrogens is 176 g/mol. The molecule has 2 aromatic rings. The zero-order valence-corrected chi connectivity index (χ0v) is 8.03. The normalized spacial score (nSPS) is 10.4. The van der Waals surface area contributed by atoms with Gasteiger partial charge in [0.2, 0.25) is 0 Å². The van der Waals surface area contributed by atoms with Gasteiger partial charge in [0.15, 0.2) is 5.82 Å². The van der Waals surface area contributed by atoms with E-state index in [-0.39, 0.29) is 0 Å². The van der Waals surface area contributed by atoms with Crippen LogP contribution in [0.2, 0.25) is 0 Å². The molecule has 0 aliphatic heterocycles. The van der Waals surface area contributed by atoms with Crippen LogP contribution in [-0.2, 0) is 6.42 Å². The maximum Gasteiger partial charge on any atom is 0.167 e. The predicted molar refractivity (Wildman–Crippen MR) is 54.9 cm³/mol. The molecule has 0 spiro atoms. The highest BCUT2D eigenvalue weighted by molar-refractivity contribution is 5.31. The lowest BCUT2D eigenvalue weighted by atomic mass is 10.1. The summed E-state index contributed by atoms with van der Waals surface area (Å²) in [5, 5.41) is 3.64. The number of aryl methyl sites for hydroxylation is 1. The zero-order chi connectivity index (χ0) is 9.97. The predicted octanol–water partition coefficient (Wildman–Crippen LogP) is 2.16. The van der Waals surface area contributed by atoms with Crippen molar-refractivity contribution in [2.45, 2.75) is 13.3 Å². The van der Waals surface area contributed by atoms with Gasteiger partial charge in [-0.2, -0.15) is 0 Å². The Bertz CT molecular complexity index is 434. The molecule has 0 saturated carbocycles. The van der Waals surface area contributed by atoms with E-state index in [9.17, 15) is 0 Å². The van der Waals surface area contributed by atoms with E-state index >= 15 is 0 Å². The smallest absolute Gasteiger partial charge is 0.167 e. The van der Waals surface area contributed by atoms with Gasteiger partial charge in [-0.15, -0.1) is 0 Å². The van der Waals surface area contributed by atoms with Crippen LogP contribution >= 0.6 is 0 Å². The Kier molecular flexibility index (Phi) is 2.23. The molecule has 0 amide bonds. The van der Waals surface area contributed by atoms with Crippen molar-refractivity contribution in [3.63, 3.8) is 0 Å². The molecule has 3 heteroatoms. The van der Waals surface area contributed by atoms with Crippen LogP contribution in [0.4, 0.5) is 5.82 Å². The Hall–Kier alpha value is -1.77. The molecule has 0 atom stereocenters. The summed E-state index contributed by atoms with van der Waals surface area (Å²) >= 11 is 0. The van der Waals surface area contributed by atoms with Crippen LogP contribution in [0.5, 0.6) is 0 Å². The second-order valence-corrected chi connectivity index (χ2v) is 3.38. The van der Waals surface area contributed by atoms with Crippen LogP contribution < -0.4 is 5.73 Å². The molecular formula is C11H12N2O. The van der Waals surface area contributed by atoms with E-state index in [0.29, 0.717) is 5.82 Å². The van der Waals surface area contributed by atoms with Crippen molar-refractivity contribution < 1.29 is 4.52 Å². The first-order valence-electron chi connectivity index (χ1n) is 4.50. The average molecular weight is 188 g/mol. The molecule has 0 aliphatic rings. The second-order valence-electron chi connectivity index (χ2n) is 3.38. The number of nitrogens with two attached hydrogens (primary N) is 1. The number of nitrogens with zero attached hydrogens (tertiary/aromatic N) is 1. The van der Waals surface area contributed by atoms with E-state index in [2.05, 4.69) is 30.3 Å². The molecule has 3 nitrogen and oxygen atoms in total. The number of aromatic nitrogens is 1. The van der Waals surface area contributed by atoms with E-state index < -0.39 is 0 Å². The summed E-state index contributed by atoms with van der Waals surface area (Å²) in [6.45, 7) is 2.07. The SMILES string of the molecule is Cc1cccc(Cc2cc(N)no2)c1. The Labute approximate surface area is 82.5 Å². The molecule has 0 saturated heterocycles. The summed E-state index contributed by atoms with van der Waals surface area (Å²) in [5.74, 6) is 1.24. The third-order valence-corrected chi connectivity index (χ3v) is 2.04. The molecule has 2 N–H and O–H groups in total. The highest BCUT2D eigenvalue weighted by Gasteiger charge is 2.02. The second kappa shape index (κ2) is 3.54. The average Bonchev–Trinajstić information content (AvgIpc) is 2.51. The molecule has 1 aromatic heterocycles. The van der Waals surface area contributed by atoms with Gasteiger partial charge >= 0.3 is 0 Å². The van der Waals surface area contributed by atoms with Crippen LogP contribution in [-0.4, -0.2) is 5.16 Å². The van der Waals surface area contributed by atoms with E-state index in [0.717, 1.165) is 12.2 Å². The Morgan fingerprint density at radius 2 is 2.21 bits per heavy atom. The third-order valence-electron chi connectivity index (χ3n) is 2.04. The van der Waals surface area contributed by atoms with Crippen LogP contribution in [0.3, 0.4) is 0 Å². The van der Waals surface area contributed by atoms with E-state index in [1.54, 1.807) is 6.07 Å². The van der Waals surface area contributed by atoms with Gasteiger partial charge in [0, 0.05) is 12.5 Å². The van der Waals surface area contributed by atoms with Gasteiger partial charge in [0.25, 0.3) is 0 Å². The van der Waals surface area contributed by atoms with Crippen molar-refractivity contribution in [3.8, 4) is 0 Å². The van der Waals surface area contributed by atoms with E-state index in [1.165, 1.54) is 11.1 Å². The molecule has 1 heterocycles. The van der Waals surface area contributed by atoms with Crippen molar-refractivity contribution in [2.24, 2.45) is 0 Å². The van der Waals surface area contributed by atoms with Crippen LogP contribution in [0.25, 0.3) is 0 Å². The van der Waals surface area contributed by atoms with Gasteiger partial charge in [-0.25, -0.2) is 0 Å². The molecule has 2 rings (SSSR count). The number of anilines is 1. The van der Waals surface area contributed by atoms with Gasteiger partial charge in [-0.05, 0) is 12.5 Å². The highest BCUT2D eigenvalue weighted by atomic mass is 16.5. The first kappa shape index (κ1) is 8.81. The molecule has 0 fully saturated rings. The van der Waals surface area contributed by atoms with Crippen molar-refractivity contribution in [2.75, 3.05) is 5.73 Å². The van der Waals surface area contributed by atoms with Gasteiger partial charge < -0.3 is 10.3 Å². The molecule has 14 heavy (non-hydrogen) atoms. The topological polar surface area (TPSA) is 52.0 Å². The monoisotopic (exact) mass is 188 g/mol. The van der Waals surface area contributed by atoms with Crippen LogP contribution in [0.1, 0.15) is 16.9 Å². The molecule has 0 aliphatic carbocycles. The first-order chi connectivity index (χ1) is 6.74. The Morgan fingerprint density at radius 3 is 2.86 bits per heavy atom. The highest BCUT2D eigenvalue weighted by Crippen LogP contribution is 2.12. The van der Waals surface area contributed by atoms with Crippen molar-refractivity contribution in [3.05, 3.63) is 47.2 Å². The molecule has 0 radical (unpaired) electrons. The number of hydrogen-bond acceptors (Lipinski definition) is 3. The van der Waals surface area contributed by atoms with Crippen LogP contribution in [0, 0.1) is 6.92 Å². The quantitative estimate of drug-likeness (QED) is 0.785. The lowest BCUT2D eigenvalue weighted by Gasteiger charge is -1.98. The van der Waals surface area contributed by atoms with Crippen molar-refractivity contribution >= 4 is 5.82 Å². The zero-order valence-electron chi connectivity index (χ0n) is 8.03. The van der Waals surface area contributed by atoms with Crippen LogP contribution in [0.15, 0.2) is 34.9 Å². The number of rotatable bonds is 2. The lowest BCUT2D eigenvalue weighted by Crippen LogP contribution is -1.86. The largest absolute Gasteiger partial charge is 0.381 e. The number of hydrogen-bond donors (Lipinski definition) is 1. The van der Waals surface area contributed by atoms with E-state index in [1.807, 2.05) is 6.07 Å². The molecule has 0 unspecified atom stereocenters. The van der Waals surface area contributed by atoms with Crippen molar-refractivity contribution in [1.29, 1.82) is 0 Å². The van der Waals surface area contributed by atoms with E-state index in [4.69, 9.17) is 10.3 Å². The van der Waals surface area contributed by atoms with Gasteiger partial charge in [0.1, 0.15) is 5.76 Å². The molecule has 72 valence electrons. The minimum atomic E-state index is 0.438. The maximum absolute atomic E-state index is 5.46. The fraction of sp³-hybridized carbons (Fsp3) is 0.182. The Balaban J connectivity index is 2.18. The van der Waals surface area contributed by atoms with Gasteiger partial charge in [-0.1, -0.05) is 35.0 Å². The summed E-state index contributed by atoms with van der Waals surface area (Å²) in [6.07, 6.45) is 0.742. The molecule has 1 aromatic carbocycles. The first-order valence-corrected chi connectivity index (χ1v) is 4.50. The summed E-state index contributed by atoms with van der Waals surface area (Å²) < 4.78 is 5.03. The third kappa shape index (κ3) is 1.93. The van der Waals surface area contributed by atoms with Crippen molar-refractivity contribution in [1.82, 2.24) is 5.16 Å². The summed E-state index contributed by atoms with van der Waals surface area (Å²) in [5.41, 5.74) is 7.91. The standard InChI is InChI=1S/C11H12N2O/c1-8-3-2-4-9(5-8)6-10-7-11(12)13-14-10/h2-5,7H,6H2,1H3,(H2,12,13).